The molecule has 0 N–H and O–H groups in total. The van der Waals surface area contributed by atoms with Crippen LogP contribution in [0.5, 0.6) is 0 Å². The predicted molar refractivity (Wildman–Crippen MR) is 112 cm³/mol. The fourth-order valence-electron chi connectivity index (χ4n) is 4.13. The van der Waals surface area contributed by atoms with Gasteiger partial charge in [-0.2, -0.15) is 5.26 Å². The fourth-order valence-corrected chi connectivity index (χ4v) is 4.13. The first kappa shape index (κ1) is 17.6. The first-order chi connectivity index (χ1) is 13.2. The third kappa shape index (κ3) is 3.96. The minimum absolute atomic E-state index is 0.697. The summed E-state index contributed by atoms with van der Waals surface area (Å²) in [6, 6.07) is 27.8. The highest BCUT2D eigenvalue weighted by Gasteiger charge is 2.19. The molecule has 1 fully saturated rings. The molecule has 0 aliphatic heterocycles. The molecule has 1 saturated carbocycles. The van der Waals surface area contributed by atoms with Crippen molar-refractivity contribution in [2.75, 3.05) is 0 Å². The lowest BCUT2D eigenvalue weighted by molar-refractivity contribution is 0.348. The molecule has 1 aliphatic rings. The third-order valence-corrected chi connectivity index (χ3v) is 5.96. The number of hydrogen-bond acceptors (Lipinski definition) is 1. The Labute approximate surface area is 162 Å². The van der Waals surface area contributed by atoms with E-state index >= 15 is 0 Å². The van der Waals surface area contributed by atoms with Crippen molar-refractivity contribution in [3.05, 3.63) is 83.9 Å². The number of hydrogen-bond donors (Lipinski definition) is 0. The van der Waals surface area contributed by atoms with E-state index in [4.69, 9.17) is 5.26 Å². The zero-order valence-corrected chi connectivity index (χ0v) is 15.9. The maximum Gasteiger partial charge on any atom is 0.0991 e. The van der Waals surface area contributed by atoms with Gasteiger partial charge in [0, 0.05) is 0 Å². The smallest absolute Gasteiger partial charge is 0.0991 e. The van der Waals surface area contributed by atoms with Crippen molar-refractivity contribution in [3.8, 4) is 28.3 Å². The Morgan fingerprint density at radius 2 is 1.04 bits per heavy atom. The molecule has 0 atom stereocenters. The molecular weight excluding hydrogens is 326 g/mol. The van der Waals surface area contributed by atoms with Crippen molar-refractivity contribution in [1.29, 1.82) is 5.26 Å². The van der Waals surface area contributed by atoms with Crippen molar-refractivity contribution in [3.63, 3.8) is 0 Å². The van der Waals surface area contributed by atoms with Gasteiger partial charge in [0.25, 0.3) is 0 Å². The van der Waals surface area contributed by atoms with Crippen molar-refractivity contribution in [2.24, 2.45) is 5.92 Å². The second-order valence-corrected chi connectivity index (χ2v) is 7.85. The van der Waals surface area contributed by atoms with Gasteiger partial charge in [0.2, 0.25) is 0 Å². The predicted octanol–water partition coefficient (Wildman–Crippen LogP) is 7.19. The van der Waals surface area contributed by atoms with Crippen molar-refractivity contribution in [2.45, 2.75) is 38.5 Å². The van der Waals surface area contributed by atoms with E-state index in [0.717, 1.165) is 17.4 Å². The molecule has 0 bridgehead atoms. The third-order valence-electron chi connectivity index (χ3n) is 5.96. The van der Waals surface area contributed by atoms with E-state index < -0.39 is 0 Å². The molecule has 27 heavy (non-hydrogen) atoms. The Balaban J connectivity index is 1.49. The maximum atomic E-state index is 8.93. The van der Waals surface area contributed by atoms with Gasteiger partial charge in [-0.15, -0.1) is 0 Å². The molecule has 0 aromatic heterocycles. The van der Waals surface area contributed by atoms with E-state index in [1.54, 1.807) is 0 Å². The van der Waals surface area contributed by atoms with E-state index in [1.165, 1.54) is 47.9 Å². The Bertz CT molecular complexity index is 919. The summed E-state index contributed by atoms with van der Waals surface area (Å²) in [6.07, 6.45) is 5.39. The summed E-state index contributed by atoms with van der Waals surface area (Å²) in [7, 11) is 0. The molecule has 0 saturated heterocycles. The van der Waals surface area contributed by atoms with Gasteiger partial charge in [-0.25, -0.2) is 0 Å². The quantitative estimate of drug-likeness (QED) is 0.490. The molecule has 1 nitrogen and oxygen atoms in total. The van der Waals surface area contributed by atoms with Crippen LogP contribution in [0.4, 0.5) is 0 Å². The van der Waals surface area contributed by atoms with Crippen LogP contribution in [0.25, 0.3) is 22.3 Å². The minimum atomic E-state index is 0.697. The van der Waals surface area contributed by atoms with E-state index in [0.29, 0.717) is 5.56 Å². The Morgan fingerprint density at radius 1 is 0.630 bits per heavy atom. The Hall–Kier alpha value is -2.85. The van der Waals surface area contributed by atoms with Crippen molar-refractivity contribution < 1.29 is 0 Å². The zero-order valence-electron chi connectivity index (χ0n) is 15.9. The SMILES string of the molecule is CC1CCC(c2ccc(-c3ccc(-c4ccc(C#N)cc4)cc3)cc2)CC1. The summed E-state index contributed by atoms with van der Waals surface area (Å²) in [5, 5.41) is 8.93. The molecule has 0 heterocycles. The van der Waals surface area contributed by atoms with Crippen LogP contribution in [0, 0.1) is 17.2 Å². The monoisotopic (exact) mass is 351 g/mol. The fraction of sp³-hybridized carbons (Fsp3) is 0.269. The minimum Gasteiger partial charge on any atom is -0.192 e. The van der Waals surface area contributed by atoms with Gasteiger partial charge in [0.05, 0.1) is 11.6 Å². The zero-order chi connectivity index (χ0) is 18.6. The van der Waals surface area contributed by atoms with Crippen LogP contribution in [0.15, 0.2) is 72.8 Å². The van der Waals surface area contributed by atoms with Gasteiger partial charge >= 0.3 is 0 Å². The molecule has 0 radical (unpaired) electrons. The van der Waals surface area contributed by atoms with Gasteiger partial charge < -0.3 is 0 Å². The Morgan fingerprint density at radius 3 is 1.48 bits per heavy atom. The summed E-state index contributed by atoms with van der Waals surface area (Å²) in [6.45, 7) is 2.38. The number of benzene rings is 3. The highest BCUT2D eigenvalue weighted by atomic mass is 14.2. The average Bonchev–Trinajstić information content (AvgIpc) is 2.75. The first-order valence-electron chi connectivity index (χ1n) is 9.94. The largest absolute Gasteiger partial charge is 0.192 e. The van der Waals surface area contributed by atoms with Crippen LogP contribution in [-0.4, -0.2) is 0 Å². The second-order valence-electron chi connectivity index (χ2n) is 7.85. The Kier molecular flexibility index (Phi) is 5.07. The summed E-state index contributed by atoms with van der Waals surface area (Å²) < 4.78 is 0. The lowest BCUT2D eigenvalue weighted by Gasteiger charge is -2.26. The van der Waals surface area contributed by atoms with Crippen molar-refractivity contribution >= 4 is 0 Å². The van der Waals surface area contributed by atoms with Gasteiger partial charge in [-0.05, 0) is 64.6 Å². The van der Waals surface area contributed by atoms with Crippen LogP contribution in [0.3, 0.4) is 0 Å². The van der Waals surface area contributed by atoms with E-state index in [-0.39, 0.29) is 0 Å². The topological polar surface area (TPSA) is 23.8 Å². The summed E-state index contributed by atoms with van der Waals surface area (Å²) >= 11 is 0. The lowest BCUT2D eigenvalue weighted by atomic mass is 9.79. The van der Waals surface area contributed by atoms with Crippen LogP contribution in [0.1, 0.15) is 49.7 Å². The van der Waals surface area contributed by atoms with Gasteiger partial charge in [-0.1, -0.05) is 80.4 Å². The molecule has 1 aliphatic carbocycles. The van der Waals surface area contributed by atoms with Crippen LogP contribution < -0.4 is 0 Å². The second kappa shape index (κ2) is 7.80. The van der Waals surface area contributed by atoms with Crippen LogP contribution >= 0.6 is 0 Å². The highest BCUT2D eigenvalue weighted by molar-refractivity contribution is 5.70. The van der Waals surface area contributed by atoms with Crippen LogP contribution in [0.2, 0.25) is 0 Å². The normalized spacial score (nSPS) is 19.4. The molecule has 134 valence electrons. The van der Waals surface area contributed by atoms with Gasteiger partial charge in [0.15, 0.2) is 0 Å². The molecule has 0 unspecified atom stereocenters. The standard InChI is InChI=1S/C26H25N/c1-19-2-6-21(7-3-19)23-10-14-25(15-11-23)26-16-12-24(13-17-26)22-8-4-20(18-27)5-9-22/h4-5,8-17,19,21H,2-3,6-7H2,1H3. The van der Waals surface area contributed by atoms with Gasteiger partial charge in [0.1, 0.15) is 0 Å². The summed E-state index contributed by atoms with van der Waals surface area (Å²) in [5.41, 5.74) is 7.03. The lowest BCUT2D eigenvalue weighted by Crippen LogP contribution is -2.10. The van der Waals surface area contributed by atoms with E-state index in [2.05, 4.69) is 61.5 Å². The van der Waals surface area contributed by atoms with Crippen LogP contribution in [-0.2, 0) is 0 Å². The summed E-state index contributed by atoms with van der Waals surface area (Å²) in [4.78, 5) is 0. The van der Waals surface area contributed by atoms with E-state index in [9.17, 15) is 0 Å². The molecule has 3 aromatic carbocycles. The van der Waals surface area contributed by atoms with Gasteiger partial charge in [-0.3, -0.25) is 0 Å². The number of rotatable bonds is 3. The average molecular weight is 351 g/mol. The van der Waals surface area contributed by atoms with E-state index in [1.807, 2.05) is 24.3 Å². The number of nitriles is 1. The highest BCUT2D eigenvalue weighted by Crippen LogP contribution is 2.36. The molecular formula is C26H25N. The number of nitrogens with zero attached hydrogens (tertiary/aromatic N) is 1. The molecule has 4 rings (SSSR count). The van der Waals surface area contributed by atoms with Crippen molar-refractivity contribution in [1.82, 2.24) is 0 Å². The molecule has 3 aromatic rings. The maximum absolute atomic E-state index is 8.93. The molecule has 0 spiro atoms. The molecule has 0 amide bonds. The first-order valence-corrected chi connectivity index (χ1v) is 9.94. The summed E-state index contributed by atoms with van der Waals surface area (Å²) in [5.74, 6) is 1.64. The molecule has 1 heteroatoms.